The van der Waals surface area contributed by atoms with E-state index in [1.165, 1.54) is 0 Å². The zero-order chi connectivity index (χ0) is 13.1. The van der Waals surface area contributed by atoms with Gasteiger partial charge in [0.25, 0.3) is 0 Å². The lowest BCUT2D eigenvalue weighted by Crippen LogP contribution is -2.11. The van der Waals surface area contributed by atoms with Crippen molar-refractivity contribution >= 4 is 17.2 Å². The molecule has 3 rings (SSSR count). The number of aromatic hydroxyl groups is 1. The van der Waals surface area contributed by atoms with E-state index in [0.29, 0.717) is 0 Å². The predicted octanol–water partition coefficient (Wildman–Crippen LogP) is 3.03. The number of benzene rings is 2. The van der Waals surface area contributed by atoms with E-state index in [0.717, 1.165) is 30.2 Å². The molecule has 0 atom stereocenters. The summed E-state index contributed by atoms with van der Waals surface area (Å²) in [6.45, 7) is 0.879. The van der Waals surface area contributed by atoms with Crippen molar-refractivity contribution in [3.63, 3.8) is 0 Å². The normalized spacial score (nSPS) is 14.3. The van der Waals surface area contributed by atoms with Crippen LogP contribution in [0.4, 0.5) is 11.4 Å². The molecule has 1 aliphatic rings. The molecule has 2 N–H and O–H groups in total. The van der Waals surface area contributed by atoms with Crippen molar-refractivity contribution in [3.05, 3.63) is 54.6 Å². The lowest BCUT2D eigenvalue weighted by atomic mass is 10.3. The molecule has 0 saturated carbocycles. The number of phenols is 1. The molecule has 0 fully saturated rings. The van der Waals surface area contributed by atoms with Gasteiger partial charge in [-0.2, -0.15) is 5.10 Å². The highest BCUT2D eigenvalue weighted by Gasteiger charge is 2.15. The number of amidine groups is 1. The van der Waals surface area contributed by atoms with E-state index in [1.54, 1.807) is 12.1 Å². The minimum absolute atomic E-state index is 0.268. The van der Waals surface area contributed by atoms with Crippen LogP contribution in [0.5, 0.6) is 5.75 Å². The molecule has 4 nitrogen and oxygen atoms in total. The Morgan fingerprint density at radius 1 is 1.00 bits per heavy atom. The summed E-state index contributed by atoms with van der Waals surface area (Å²) in [4.78, 5) is 0. The van der Waals surface area contributed by atoms with Crippen LogP contribution >= 0.6 is 0 Å². The zero-order valence-corrected chi connectivity index (χ0v) is 10.5. The van der Waals surface area contributed by atoms with Crippen LogP contribution in [0.2, 0.25) is 0 Å². The Labute approximate surface area is 112 Å². The predicted molar refractivity (Wildman–Crippen MR) is 77.6 cm³/mol. The van der Waals surface area contributed by atoms with Gasteiger partial charge in [0.1, 0.15) is 11.6 Å². The maximum absolute atomic E-state index is 9.24. The third kappa shape index (κ3) is 2.68. The molecule has 4 heteroatoms. The van der Waals surface area contributed by atoms with Crippen molar-refractivity contribution in [1.29, 1.82) is 0 Å². The SMILES string of the molecule is Oc1ccc(NC2=NN(c3ccccc3)CC2)cc1. The average Bonchev–Trinajstić information content (AvgIpc) is 2.91. The van der Waals surface area contributed by atoms with Gasteiger partial charge in [-0.25, -0.2) is 0 Å². The molecule has 2 aromatic rings. The maximum Gasteiger partial charge on any atom is 0.129 e. The van der Waals surface area contributed by atoms with Crippen LogP contribution in [0, 0.1) is 0 Å². The van der Waals surface area contributed by atoms with E-state index in [1.807, 2.05) is 47.5 Å². The minimum Gasteiger partial charge on any atom is -0.508 e. The highest BCUT2D eigenvalue weighted by Crippen LogP contribution is 2.20. The largest absolute Gasteiger partial charge is 0.508 e. The Hall–Kier alpha value is -2.49. The first-order valence-corrected chi connectivity index (χ1v) is 6.27. The summed E-state index contributed by atoms with van der Waals surface area (Å²) in [5.41, 5.74) is 2.04. The van der Waals surface area contributed by atoms with Gasteiger partial charge in [0.2, 0.25) is 0 Å². The summed E-state index contributed by atoms with van der Waals surface area (Å²) in [5.74, 6) is 1.21. The molecule has 0 bridgehead atoms. The van der Waals surface area contributed by atoms with E-state index < -0.39 is 0 Å². The van der Waals surface area contributed by atoms with Crippen LogP contribution in [-0.2, 0) is 0 Å². The Morgan fingerprint density at radius 2 is 1.74 bits per heavy atom. The van der Waals surface area contributed by atoms with Gasteiger partial charge in [0.05, 0.1) is 5.69 Å². The smallest absolute Gasteiger partial charge is 0.129 e. The summed E-state index contributed by atoms with van der Waals surface area (Å²) in [6, 6.07) is 17.1. The van der Waals surface area contributed by atoms with Crippen LogP contribution in [0.3, 0.4) is 0 Å². The van der Waals surface area contributed by atoms with E-state index in [-0.39, 0.29) is 5.75 Å². The highest BCUT2D eigenvalue weighted by molar-refractivity contribution is 5.97. The third-order valence-corrected chi connectivity index (χ3v) is 3.01. The van der Waals surface area contributed by atoms with Crippen LogP contribution in [0.15, 0.2) is 59.7 Å². The molecular weight excluding hydrogens is 238 g/mol. The number of para-hydroxylation sites is 1. The molecule has 0 aromatic heterocycles. The molecule has 19 heavy (non-hydrogen) atoms. The number of phenolic OH excluding ortho intramolecular Hbond substituents is 1. The second-order valence-corrected chi connectivity index (χ2v) is 4.43. The van der Waals surface area contributed by atoms with Gasteiger partial charge < -0.3 is 10.4 Å². The van der Waals surface area contributed by atoms with Crippen molar-refractivity contribution in [2.75, 3.05) is 16.9 Å². The molecule has 1 aliphatic heterocycles. The highest BCUT2D eigenvalue weighted by atomic mass is 16.3. The number of rotatable bonds is 2. The molecule has 0 aliphatic carbocycles. The first-order chi connectivity index (χ1) is 9.31. The lowest BCUT2D eigenvalue weighted by Gasteiger charge is -2.12. The second-order valence-electron chi connectivity index (χ2n) is 4.43. The fraction of sp³-hybridized carbons (Fsp3) is 0.133. The van der Waals surface area contributed by atoms with E-state index in [4.69, 9.17) is 0 Å². The van der Waals surface area contributed by atoms with Gasteiger partial charge in [-0.3, -0.25) is 5.01 Å². The number of nitrogens with one attached hydrogen (secondary N) is 1. The van der Waals surface area contributed by atoms with Crippen LogP contribution in [0.1, 0.15) is 6.42 Å². The zero-order valence-electron chi connectivity index (χ0n) is 10.5. The maximum atomic E-state index is 9.24. The molecule has 0 unspecified atom stereocenters. The van der Waals surface area contributed by atoms with Gasteiger partial charge in [-0.15, -0.1) is 0 Å². The van der Waals surface area contributed by atoms with E-state index in [9.17, 15) is 5.11 Å². The monoisotopic (exact) mass is 253 g/mol. The van der Waals surface area contributed by atoms with Crippen molar-refractivity contribution < 1.29 is 5.11 Å². The molecule has 0 saturated heterocycles. The van der Waals surface area contributed by atoms with Gasteiger partial charge in [0, 0.05) is 18.7 Å². The number of nitrogens with zero attached hydrogens (tertiary/aromatic N) is 2. The Bertz CT molecular complexity index is 578. The number of hydrogen-bond donors (Lipinski definition) is 2. The third-order valence-electron chi connectivity index (χ3n) is 3.01. The molecule has 2 aromatic carbocycles. The topological polar surface area (TPSA) is 47.9 Å². The summed E-state index contributed by atoms with van der Waals surface area (Å²) in [7, 11) is 0. The van der Waals surface area contributed by atoms with Crippen LogP contribution < -0.4 is 10.3 Å². The minimum atomic E-state index is 0.268. The molecule has 1 heterocycles. The average molecular weight is 253 g/mol. The Balaban J connectivity index is 1.72. The fourth-order valence-electron chi connectivity index (χ4n) is 2.04. The summed E-state index contributed by atoms with van der Waals surface area (Å²) < 4.78 is 0. The van der Waals surface area contributed by atoms with Gasteiger partial charge in [0.15, 0.2) is 0 Å². The Morgan fingerprint density at radius 3 is 2.47 bits per heavy atom. The summed E-state index contributed by atoms with van der Waals surface area (Å²) in [5, 5.41) is 19.0. The molecule has 0 radical (unpaired) electrons. The van der Waals surface area contributed by atoms with Crippen molar-refractivity contribution in [3.8, 4) is 5.75 Å². The molecular formula is C15H15N3O. The fourth-order valence-corrected chi connectivity index (χ4v) is 2.04. The molecule has 0 spiro atoms. The van der Waals surface area contributed by atoms with Gasteiger partial charge in [-0.05, 0) is 36.4 Å². The quantitative estimate of drug-likeness (QED) is 0.809. The first kappa shape index (κ1) is 11.6. The lowest BCUT2D eigenvalue weighted by molar-refractivity contribution is 0.475. The molecule has 0 amide bonds. The van der Waals surface area contributed by atoms with E-state index in [2.05, 4.69) is 10.4 Å². The van der Waals surface area contributed by atoms with Crippen molar-refractivity contribution in [2.45, 2.75) is 6.42 Å². The Kier molecular flexibility index (Phi) is 3.06. The van der Waals surface area contributed by atoms with E-state index >= 15 is 0 Å². The summed E-state index contributed by atoms with van der Waals surface area (Å²) in [6.07, 6.45) is 0.885. The number of hydrogen-bond acceptors (Lipinski definition) is 4. The molecule has 96 valence electrons. The van der Waals surface area contributed by atoms with Gasteiger partial charge >= 0.3 is 0 Å². The van der Waals surface area contributed by atoms with Crippen molar-refractivity contribution in [1.82, 2.24) is 0 Å². The van der Waals surface area contributed by atoms with Gasteiger partial charge in [-0.1, -0.05) is 18.2 Å². The number of hydrazone groups is 1. The van der Waals surface area contributed by atoms with Crippen LogP contribution in [-0.4, -0.2) is 17.5 Å². The summed E-state index contributed by atoms with van der Waals surface area (Å²) >= 11 is 0. The van der Waals surface area contributed by atoms with Crippen molar-refractivity contribution in [2.24, 2.45) is 5.10 Å². The first-order valence-electron chi connectivity index (χ1n) is 6.27. The number of anilines is 2. The standard InChI is InChI=1S/C15H15N3O/c19-14-8-6-12(7-9-14)16-15-10-11-18(17-15)13-4-2-1-3-5-13/h1-9,19H,10-11H2,(H,16,17). The van der Waals surface area contributed by atoms with Crippen LogP contribution in [0.25, 0.3) is 0 Å². The second kappa shape index (κ2) is 5.02.